The minimum absolute atomic E-state index is 0.0846. The van der Waals surface area contributed by atoms with E-state index in [0.717, 1.165) is 38.5 Å². The molecule has 2 heterocycles. The first kappa shape index (κ1) is 17.5. The number of carbonyl (C=O) groups excluding carboxylic acids is 1. The third-order valence-corrected chi connectivity index (χ3v) is 5.67. The molecular weight excluding hydrogens is 344 g/mol. The van der Waals surface area contributed by atoms with Gasteiger partial charge in [-0.05, 0) is 43.7 Å². The molecule has 8 nitrogen and oxygen atoms in total. The molecule has 1 amide bonds. The van der Waals surface area contributed by atoms with Crippen LogP contribution in [0.1, 0.15) is 67.0 Å². The van der Waals surface area contributed by atoms with Gasteiger partial charge in [-0.25, -0.2) is 4.68 Å². The summed E-state index contributed by atoms with van der Waals surface area (Å²) in [5.74, 6) is -0.170. The second-order valence-corrected chi connectivity index (χ2v) is 7.49. The highest BCUT2D eigenvalue weighted by atomic mass is 16.2. The van der Waals surface area contributed by atoms with Gasteiger partial charge in [-0.3, -0.25) is 9.59 Å². The maximum absolute atomic E-state index is 12.7. The molecule has 0 bridgehead atoms. The van der Waals surface area contributed by atoms with Crippen molar-refractivity contribution in [3.8, 4) is 6.07 Å². The Morgan fingerprint density at radius 1 is 1.37 bits per heavy atom. The summed E-state index contributed by atoms with van der Waals surface area (Å²) in [6.07, 6.45) is 10.2. The van der Waals surface area contributed by atoms with Gasteiger partial charge in [-0.2, -0.15) is 5.26 Å². The van der Waals surface area contributed by atoms with Gasteiger partial charge in [0.05, 0.1) is 18.3 Å². The zero-order valence-electron chi connectivity index (χ0n) is 15.0. The zero-order chi connectivity index (χ0) is 18.9. The number of amides is 1. The molecule has 0 spiro atoms. The fourth-order valence-electron chi connectivity index (χ4n) is 3.86. The second-order valence-electron chi connectivity index (χ2n) is 7.49. The van der Waals surface area contributed by atoms with Gasteiger partial charge in [0.2, 0.25) is 0 Å². The molecule has 0 saturated heterocycles. The first-order chi connectivity index (χ1) is 13.1. The number of carbonyl (C=O) groups is 1. The molecule has 8 heteroatoms. The van der Waals surface area contributed by atoms with E-state index >= 15 is 0 Å². The number of hydrogen-bond donors (Lipinski definition) is 2. The summed E-state index contributed by atoms with van der Waals surface area (Å²) in [6.45, 7) is 0. The molecule has 1 atom stereocenters. The molecule has 27 heavy (non-hydrogen) atoms. The molecule has 2 aliphatic carbocycles. The van der Waals surface area contributed by atoms with Gasteiger partial charge in [-0.1, -0.05) is 24.5 Å². The van der Waals surface area contributed by atoms with E-state index in [0.29, 0.717) is 5.69 Å². The molecule has 2 N–H and O–H groups in total. The predicted octanol–water partition coefficient (Wildman–Crippen LogP) is 2.03. The van der Waals surface area contributed by atoms with E-state index in [4.69, 9.17) is 0 Å². The highest BCUT2D eigenvalue weighted by Gasteiger charge is 2.47. The fourth-order valence-corrected chi connectivity index (χ4v) is 3.86. The molecule has 1 unspecified atom stereocenters. The van der Waals surface area contributed by atoms with Crippen molar-refractivity contribution in [1.29, 1.82) is 5.26 Å². The minimum atomic E-state index is -0.580. The monoisotopic (exact) mass is 366 g/mol. The van der Waals surface area contributed by atoms with Gasteiger partial charge >= 0.3 is 0 Å². The Bertz CT molecular complexity index is 930. The van der Waals surface area contributed by atoms with E-state index < -0.39 is 17.0 Å². The lowest BCUT2D eigenvalue weighted by Crippen LogP contribution is -2.37. The van der Waals surface area contributed by atoms with Crippen LogP contribution in [0.4, 0.5) is 0 Å². The van der Waals surface area contributed by atoms with Crippen molar-refractivity contribution < 1.29 is 4.79 Å². The number of nitrogens with zero attached hydrogens (tertiary/aromatic N) is 4. The molecule has 2 aliphatic rings. The first-order valence-electron chi connectivity index (χ1n) is 9.45. The molecule has 4 rings (SSSR count). The normalized spacial score (nSPS) is 19.8. The molecule has 140 valence electrons. The van der Waals surface area contributed by atoms with Crippen LogP contribution in [0.3, 0.4) is 0 Å². The standard InChI is InChI=1S/C19H22N6O2/c20-12-19(8-9-19)25-11-15(23-24-25)16(13-5-2-1-3-6-13)22-18(27)14-7-4-10-21-17(14)26/h4,7,10-11,13,16H,1-3,5-6,8-9H2,(H,21,26)(H,22,27). The summed E-state index contributed by atoms with van der Waals surface area (Å²) < 4.78 is 1.62. The summed E-state index contributed by atoms with van der Waals surface area (Å²) in [7, 11) is 0. The van der Waals surface area contributed by atoms with Crippen molar-refractivity contribution >= 4 is 5.91 Å². The number of nitrogens with one attached hydrogen (secondary N) is 2. The van der Waals surface area contributed by atoms with Gasteiger partial charge in [-0.15, -0.1) is 5.10 Å². The topological polar surface area (TPSA) is 116 Å². The van der Waals surface area contributed by atoms with Crippen LogP contribution in [0, 0.1) is 17.2 Å². The molecule has 2 aromatic heterocycles. The van der Waals surface area contributed by atoms with E-state index in [2.05, 4.69) is 26.7 Å². The minimum Gasteiger partial charge on any atom is -0.343 e. The molecule has 0 aromatic carbocycles. The van der Waals surface area contributed by atoms with Crippen LogP contribution in [-0.4, -0.2) is 25.9 Å². The van der Waals surface area contributed by atoms with Crippen molar-refractivity contribution in [3.63, 3.8) is 0 Å². The van der Waals surface area contributed by atoms with E-state index in [1.54, 1.807) is 16.9 Å². The third kappa shape index (κ3) is 3.37. The second kappa shape index (κ2) is 6.99. The molecule has 0 aliphatic heterocycles. The SMILES string of the molecule is N#CC1(n2cc(C(NC(=O)c3ccc[nH]c3=O)C3CCCCC3)nn2)CC1. The summed E-state index contributed by atoms with van der Waals surface area (Å²) in [4.78, 5) is 27.2. The molecule has 2 fully saturated rings. The van der Waals surface area contributed by atoms with E-state index in [1.807, 2.05) is 0 Å². The number of pyridine rings is 1. The van der Waals surface area contributed by atoms with Crippen LogP contribution in [0.25, 0.3) is 0 Å². The van der Waals surface area contributed by atoms with Gasteiger partial charge in [0.1, 0.15) is 11.3 Å². The van der Waals surface area contributed by atoms with Gasteiger partial charge < -0.3 is 10.3 Å². The number of rotatable bonds is 5. The summed E-state index contributed by atoms with van der Waals surface area (Å²) in [5, 5.41) is 20.8. The van der Waals surface area contributed by atoms with Crippen LogP contribution in [0.5, 0.6) is 0 Å². The summed E-state index contributed by atoms with van der Waals surface area (Å²) in [6, 6.07) is 5.13. The van der Waals surface area contributed by atoms with Crippen LogP contribution >= 0.6 is 0 Å². The van der Waals surface area contributed by atoms with Crippen molar-refractivity contribution in [2.75, 3.05) is 0 Å². The highest BCUT2D eigenvalue weighted by molar-refractivity contribution is 5.94. The Morgan fingerprint density at radius 3 is 2.81 bits per heavy atom. The van der Waals surface area contributed by atoms with Crippen LogP contribution in [0.2, 0.25) is 0 Å². The number of aromatic nitrogens is 4. The maximum Gasteiger partial charge on any atom is 0.260 e. The van der Waals surface area contributed by atoms with Crippen molar-refractivity contribution in [3.05, 3.63) is 46.1 Å². The Kier molecular flexibility index (Phi) is 4.52. The molecule has 2 saturated carbocycles. The molecular formula is C19H22N6O2. The predicted molar refractivity (Wildman–Crippen MR) is 96.7 cm³/mol. The van der Waals surface area contributed by atoms with Gasteiger partial charge in [0, 0.05) is 6.20 Å². The number of nitriles is 1. The zero-order valence-corrected chi connectivity index (χ0v) is 15.0. The van der Waals surface area contributed by atoms with Crippen LogP contribution < -0.4 is 10.9 Å². The van der Waals surface area contributed by atoms with E-state index in [-0.39, 0.29) is 17.5 Å². The van der Waals surface area contributed by atoms with Gasteiger partial charge in [0.15, 0.2) is 5.54 Å². The maximum atomic E-state index is 12.7. The summed E-state index contributed by atoms with van der Waals surface area (Å²) in [5.41, 5.74) is -0.254. The Balaban J connectivity index is 1.62. The van der Waals surface area contributed by atoms with Crippen molar-refractivity contribution in [2.24, 2.45) is 5.92 Å². The fraction of sp³-hybridized carbons (Fsp3) is 0.526. The molecule has 0 radical (unpaired) electrons. The number of aromatic amines is 1. The van der Waals surface area contributed by atoms with E-state index in [9.17, 15) is 14.9 Å². The lowest BCUT2D eigenvalue weighted by molar-refractivity contribution is 0.0909. The Morgan fingerprint density at radius 2 is 2.15 bits per heavy atom. The van der Waals surface area contributed by atoms with Crippen molar-refractivity contribution in [1.82, 2.24) is 25.3 Å². The molecule has 2 aromatic rings. The van der Waals surface area contributed by atoms with E-state index in [1.165, 1.54) is 18.7 Å². The number of hydrogen-bond acceptors (Lipinski definition) is 5. The quantitative estimate of drug-likeness (QED) is 0.840. The lowest BCUT2D eigenvalue weighted by Gasteiger charge is -2.29. The summed E-state index contributed by atoms with van der Waals surface area (Å²) >= 11 is 0. The van der Waals surface area contributed by atoms with Crippen LogP contribution in [-0.2, 0) is 5.54 Å². The van der Waals surface area contributed by atoms with Crippen LogP contribution in [0.15, 0.2) is 29.3 Å². The Hall–Kier alpha value is -2.95. The lowest BCUT2D eigenvalue weighted by atomic mass is 9.82. The van der Waals surface area contributed by atoms with Gasteiger partial charge in [0.25, 0.3) is 11.5 Å². The first-order valence-corrected chi connectivity index (χ1v) is 9.45. The average molecular weight is 366 g/mol. The Labute approximate surface area is 156 Å². The smallest absolute Gasteiger partial charge is 0.260 e. The van der Waals surface area contributed by atoms with Crippen molar-refractivity contribution in [2.45, 2.75) is 56.5 Å². The third-order valence-electron chi connectivity index (χ3n) is 5.67. The highest BCUT2D eigenvalue weighted by Crippen LogP contribution is 2.42. The number of H-pyrrole nitrogens is 1. The average Bonchev–Trinajstić information content (AvgIpc) is 3.35. The largest absolute Gasteiger partial charge is 0.343 e.